The van der Waals surface area contributed by atoms with Gasteiger partial charge >= 0.3 is 0 Å². The van der Waals surface area contributed by atoms with E-state index in [4.69, 9.17) is 6.57 Å². The Balaban J connectivity index is 1.27. The minimum Gasteiger partial charge on any atom is -0.310 e. The van der Waals surface area contributed by atoms with E-state index < -0.39 is 0 Å². The number of aromatic nitrogens is 2. The standard InChI is InChI=1S/C43H25N3S/c1-44-35-17-11-21-39(46-37-19-9-5-14-29(37)30-15-6-10-20-38(30)46)41(35)27-22-25-40-34(26-27)33-24-23-32-31-16-7-8-18-36(31)45(42(32)43(33)47-40)28-12-3-2-4-13-28/h2-26H. The fraction of sp³-hybridized carbons (Fsp3) is 0. The van der Waals surface area contributed by atoms with Crippen LogP contribution in [0.15, 0.2) is 152 Å². The van der Waals surface area contributed by atoms with Gasteiger partial charge in [0.05, 0.1) is 33.3 Å². The van der Waals surface area contributed by atoms with Crippen LogP contribution in [0, 0.1) is 6.57 Å². The molecule has 3 aromatic heterocycles. The number of fused-ring (bicyclic) bond motifs is 10. The molecule has 4 heteroatoms. The molecule has 47 heavy (non-hydrogen) atoms. The van der Waals surface area contributed by atoms with E-state index in [2.05, 4.69) is 154 Å². The molecule has 10 aromatic rings. The molecule has 0 N–H and O–H groups in total. The van der Waals surface area contributed by atoms with Crippen molar-refractivity contribution in [3.63, 3.8) is 0 Å². The summed E-state index contributed by atoms with van der Waals surface area (Å²) in [6, 6.07) is 53.9. The highest BCUT2D eigenvalue weighted by molar-refractivity contribution is 7.26. The summed E-state index contributed by atoms with van der Waals surface area (Å²) < 4.78 is 7.25. The summed E-state index contributed by atoms with van der Waals surface area (Å²) in [6.45, 7) is 8.21. The van der Waals surface area contributed by atoms with Gasteiger partial charge in [0.2, 0.25) is 0 Å². The zero-order valence-corrected chi connectivity index (χ0v) is 26.0. The monoisotopic (exact) mass is 615 g/mol. The first-order chi connectivity index (χ1) is 23.3. The average molecular weight is 616 g/mol. The minimum atomic E-state index is 0.648. The van der Waals surface area contributed by atoms with Crippen molar-refractivity contribution in [3.05, 3.63) is 163 Å². The van der Waals surface area contributed by atoms with E-state index in [1.54, 1.807) is 0 Å². The van der Waals surface area contributed by atoms with Crippen LogP contribution in [-0.4, -0.2) is 9.13 Å². The molecular weight excluding hydrogens is 591 g/mol. The van der Waals surface area contributed by atoms with Crippen LogP contribution < -0.4 is 0 Å². The van der Waals surface area contributed by atoms with Crippen LogP contribution in [0.3, 0.4) is 0 Å². The molecule has 0 radical (unpaired) electrons. The first-order valence-corrected chi connectivity index (χ1v) is 16.5. The number of benzene rings is 7. The molecule has 0 amide bonds. The third-order valence-electron chi connectivity index (χ3n) is 9.54. The van der Waals surface area contributed by atoms with Gasteiger partial charge in [-0.3, -0.25) is 0 Å². The van der Waals surface area contributed by atoms with Crippen LogP contribution in [0.1, 0.15) is 0 Å². The number of hydrogen-bond donors (Lipinski definition) is 0. The lowest BCUT2D eigenvalue weighted by atomic mass is 9.98. The smallest absolute Gasteiger partial charge is 0.196 e. The van der Waals surface area contributed by atoms with Crippen LogP contribution in [-0.2, 0) is 0 Å². The second-order valence-electron chi connectivity index (χ2n) is 12.0. The molecule has 0 aliphatic heterocycles. The molecule has 0 unspecified atom stereocenters. The van der Waals surface area contributed by atoms with Crippen molar-refractivity contribution in [2.24, 2.45) is 0 Å². The molecule has 0 bridgehead atoms. The molecule has 0 atom stereocenters. The van der Waals surface area contributed by atoms with Crippen molar-refractivity contribution in [2.45, 2.75) is 0 Å². The maximum absolute atomic E-state index is 8.21. The summed E-state index contributed by atoms with van der Waals surface area (Å²) in [5, 5.41) is 7.38. The summed E-state index contributed by atoms with van der Waals surface area (Å²) in [5.74, 6) is 0. The van der Waals surface area contributed by atoms with Gasteiger partial charge in [-0.05, 0) is 54.1 Å². The topological polar surface area (TPSA) is 14.2 Å². The lowest BCUT2D eigenvalue weighted by Gasteiger charge is -2.16. The zero-order chi connectivity index (χ0) is 31.1. The largest absolute Gasteiger partial charge is 0.310 e. The Hall–Kier alpha value is -6.15. The molecule has 218 valence electrons. The van der Waals surface area contributed by atoms with Gasteiger partial charge in [0.25, 0.3) is 0 Å². The van der Waals surface area contributed by atoms with Crippen LogP contribution in [0.2, 0.25) is 0 Å². The Kier molecular flexibility index (Phi) is 5.51. The van der Waals surface area contributed by atoms with E-state index >= 15 is 0 Å². The van der Waals surface area contributed by atoms with E-state index in [9.17, 15) is 0 Å². The molecular formula is C43H25N3S. The zero-order valence-electron chi connectivity index (χ0n) is 25.2. The van der Waals surface area contributed by atoms with E-state index in [1.165, 1.54) is 52.8 Å². The molecule has 3 nitrogen and oxygen atoms in total. The van der Waals surface area contributed by atoms with Gasteiger partial charge in [0, 0.05) is 54.0 Å². The molecule has 0 saturated heterocycles. The quantitative estimate of drug-likeness (QED) is 0.176. The SMILES string of the molecule is [C-]#[N+]c1cccc(-n2c3ccccc3c3ccccc32)c1-c1ccc2sc3c(ccc4c5ccccc5n(-c5ccccc5)c43)c2c1. The average Bonchev–Trinajstić information content (AvgIpc) is 3.79. The molecule has 0 saturated carbocycles. The molecule has 0 aliphatic rings. The second kappa shape index (κ2) is 9.92. The summed E-state index contributed by atoms with van der Waals surface area (Å²) in [6.07, 6.45) is 0. The third kappa shape index (κ3) is 3.66. The Morgan fingerprint density at radius 2 is 1.11 bits per heavy atom. The fourth-order valence-electron chi connectivity index (χ4n) is 7.57. The summed E-state index contributed by atoms with van der Waals surface area (Å²) in [7, 11) is 0. The van der Waals surface area contributed by atoms with Crippen molar-refractivity contribution in [2.75, 3.05) is 0 Å². The maximum Gasteiger partial charge on any atom is 0.196 e. The van der Waals surface area contributed by atoms with Crippen molar-refractivity contribution in [3.8, 4) is 22.5 Å². The Labute approximate surface area is 274 Å². The van der Waals surface area contributed by atoms with E-state index in [0.29, 0.717) is 5.69 Å². The minimum absolute atomic E-state index is 0.648. The van der Waals surface area contributed by atoms with Gasteiger partial charge in [-0.1, -0.05) is 103 Å². The first-order valence-electron chi connectivity index (χ1n) is 15.7. The van der Waals surface area contributed by atoms with E-state index in [1.807, 2.05) is 23.5 Å². The number of nitrogens with zero attached hydrogens (tertiary/aromatic N) is 3. The van der Waals surface area contributed by atoms with Crippen molar-refractivity contribution < 1.29 is 0 Å². The van der Waals surface area contributed by atoms with Gasteiger partial charge in [-0.25, -0.2) is 4.85 Å². The Morgan fingerprint density at radius 3 is 1.81 bits per heavy atom. The Morgan fingerprint density at radius 1 is 0.489 bits per heavy atom. The van der Waals surface area contributed by atoms with Crippen molar-refractivity contribution >= 4 is 80.8 Å². The van der Waals surface area contributed by atoms with Crippen molar-refractivity contribution in [1.82, 2.24) is 9.13 Å². The molecule has 7 aromatic carbocycles. The highest BCUT2D eigenvalue weighted by Crippen LogP contribution is 2.46. The maximum atomic E-state index is 8.21. The van der Waals surface area contributed by atoms with Crippen LogP contribution in [0.4, 0.5) is 5.69 Å². The van der Waals surface area contributed by atoms with Gasteiger partial charge in [-0.2, -0.15) is 0 Å². The molecule has 3 heterocycles. The number of thiophene rings is 1. The second-order valence-corrected chi connectivity index (χ2v) is 13.0. The normalized spacial score (nSPS) is 11.8. The fourth-order valence-corrected chi connectivity index (χ4v) is 8.79. The number of hydrogen-bond acceptors (Lipinski definition) is 1. The van der Waals surface area contributed by atoms with Gasteiger partial charge < -0.3 is 9.13 Å². The van der Waals surface area contributed by atoms with Crippen LogP contribution >= 0.6 is 11.3 Å². The number of para-hydroxylation sites is 4. The predicted molar refractivity (Wildman–Crippen MR) is 200 cm³/mol. The molecule has 0 fully saturated rings. The van der Waals surface area contributed by atoms with Crippen LogP contribution in [0.5, 0.6) is 0 Å². The van der Waals surface area contributed by atoms with E-state index in [-0.39, 0.29) is 0 Å². The van der Waals surface area contributed by atoms with Crippen molar-refractivity contribution in [1.29, 1.82) is 0 Å². The lowest BCUT2D eigenvalue weighted by molar-refractivity contribution is 1.18. The third-order valence-corrected chi connectivity index (χ3v) is 10.7. The van der Waals surface area contributed by atoms with Gasteiger partial charge in [0.15, 0.2) is 5.69 Å². The van der Waals surface area contributed by atoms with Crippen LogP contribution in [0.25, 0.3) is 91.1 Å². The number of rotatable bonds is 3. The molecule has 10 rings (SSSR count). The Bertz CT molecular complexity index is 2860. The van der Waals surface area contributed by atoms with Gasteiger partial charge in [-0.15, -0.1) is 11.3 Å². The summed E-state index contributed by atoms with van der Waals surface area (Å²) >= 11 is 1.85. The summed E-state index contributed by atoms with van der Waals surface area (Å²) in [4.78, 5) is 4.05. The molecule has 0 spiro atoms. The first kappa shape index (κ1) is 26.1. The molecule has 0 aliphatic carbocycles. The lowest BCUT2D eigenvalue weighted by Crippen LogP contribution is -1.97. The highest BCUT2D eigenvalue weighted by atomic mass is 32.1. The summed E-state index contributed by atoms with van der Waals surface area (Å²) in [5.41, 5.74) is 9.54. The van der Waals surface area contributed by atoms with Gasteiger partial charge in [0.1, 0.15) is 0 Å². The predicted octanol–water partition coefficient (Wildman–Crippen LogP) is 12.5. The highest BCUT2D eigenvalue weighted by Gasteiger charge is 2.21. The van der Waals surface area contributed by atoms with E-state index in [0.717, 1.165) is 33.5 Å².